The highest BCUT2D eigenvalue weighted by atomic mass is 16.5. The van der Waals surface area contributed by atoms with Gasteiger partial charge in [-0.05, 0) is 6.92 Å². The van der Waals surface area contributed by atoms with Crippen LogP contribution in [0.25, 0.3) is 0 Å². The highest BCUT2D eigenvalue weighted by Crippen LogP contribution is 2.08. The summed E-state index contributed by atoms with van der Waals surface area (Å²) in [6.07, 6.45) is 0. The van der Waals surface area contributed by atoms with Crippen LogP contribution in [0.1, 0.15) is 13.8 Å². The second-order valence-corrected chi connectivity index (χ2v) is 4.00. The van der Waals surface area contributed by atoms with E-state index >= 15 is 0 Å². The van der Waals surface area contributed by atoms with E-state index in [1.165, 1.54) is 0 Å². The second-order valence-electron chi connectivity index (χ2n) is 4.00. The summed E-state index contributed by atoms with van der Waals surface area (Å²) in [5, 5.41) is 12.1. The Morgan fingerprint density at radius 3 is 3.12 bits per heavy atom. The molecule has 1 fully saturated rings. The zero-order chi connectivity index (χ0) is 12.0. The van der Waals surface area contributed by atoms with E-state index in [1.54, 1.807) is 6.92 Å². The van der Waals surface area contributed by atoms with Gasteiger partial charge in [0, 0.05) is 26.2 Å². The summed E-state index contributed by atoms with van der Waals surface area (Å²) in [5.74, 6) is -0.355. The lowest BCUT2D eigenvalue weighted by Crippen LogP contribution is -2.52. The normalized spacial score (nSPS) is 23.4. The van der Waals surface area contributed by atoms with Crippen LogP contribution in [0, 0.1) is 17.2 Å². The first-order chi connectivity index (χ1) is 7.69. The van der Waals surface area contributed by atoms with Crippen LogP contribution < -0.4 is 5.32 Å². The van der Waals surface area contributed by atoms with Gasteiger partial charge in [0.05, 0.1) is 18.6 Å². The average molecular weight is 225 g/mol. The van der Waals surface area contributed by atoms with E-state index in [9.17, 15) is 4.79 Å². The summed E-state index contributed by atoms with van der Waals surface area (Å²) in [7, 11) is 0. The van der Waals surface area contributed by atoms with Gasteiger partial charge >= 0.3 is 5.97 Å². The first kappa shape index (κ1) is 12.9. The molecule has 0 radical (unpaired) electrons. The van der Waals surface area contributed by atoms with Crippen molar-refractivity contribution in [1.82, 2.24) is 10.2 Å². The number of ether oxygens (including phenoxy) is 1. The molecule has 5 nitrogen and oxygen atoms in total. The van der Waals surface area contributed by atoms with Crippen molar-refractivity contribution in [2.24, 2.45) is 5.92 Å². The molecule has 0 bridgehead atoms. The zero-order valence-electron chi connectivity index (χ0n) is 9.90. The molecule has 0 aromatic rings. The summed E-state index contributed by atoms with van der Waals surface area (Å²) < 4.78 is 4.95. The van der Waals surface area contributed by atoms with Crippen LogP contribution in [0.5, 0.6) is 0 Å². The molecular weight excluding hydrogens is 206 g/mol. The number of esters is 1. The SMILES string of the molecule is CCOC(=O)C(C)CN1CCNCC1C#N. The molecule has 0 aliphatic carbocycles. The Kier molecular flexibility index (Phi) is 5.23. The maximum atomic E-state index is 11.5. The number of nitrogens with one attached hydrogen (secondary N) is 1. The minimum absolute atomic E-state index is 0.134. The first-order valence-corrected chi connectivity index (χ1v) is 5.70. The van der Waals surface area contributed by atoms with Gasteiger partial charge in [0.1, 0.15) is 6.04 Å². The number of carbonyl (C=O) groups is 1. The fourth-order valence-electron chi connectivity index (χ4n) is 1.80. The van der Waals surface area contributed by atoms with E-state index in [0.717, 1.165) is 13.1 Å². The third-order valence-corrected chi connectivity index (χ3v) is 2.70. The fourth-order valence-corrected chi connectivity index (χ4v) is 1.80. The molecule has 0 aromatic carbocycles. The molecule has 1 heterocycles. The Morgan fingerprint density at radius 1 is 1.75 bits per heavy atom. The smallest absolute Gasteiger partial charge is 0.309 e. The highest BCUT2D eigenvalue weighted by Gasteiger charge is 2.25. The van der Waals surface area contributed by atoms with Crippen LogP contribution in [0.2, 0.25) is 0 Å². The van der Waals surface area contributed by atoms with E-state index in [-0.39, 0.29) is 17.9 Å². The van der Waals surface area contributed by atoms with Crippen molar-refractivity contribution in [3.63, 3.8) is 0 Å². The van der Waals surface area contributed by atoms with Crippen molar-refractivity contribution in [3.05, 3.63) is 0 Å². The molecule has 5 heteroatoms. The van der Waals surface area contributed by atoms with E-state index in [1.807, 2.05) is 11.8 Å². The van der Waals surface area contributed by atoms with Crippen molar-refractivity contribution in [2.75, 3.05) is 32.8 Å². The Balaban J connectivity index is 2.45. The quantitative estimate of drug-likeness (QED) is 0.681. The van der Waals surface area contributed by atoms with E-state index in [2.05, 4.69) is 11.4 Å². The molecule has 16 heavy (non-hydrogen) atoms. The van der Waals surface area contributed by atoms with Gasteiger partial charge in [-0.1, -0.05) is 6.92 Å². The van der Waals surface area contributed by atoms with Crippen LogP contribution in [-0.2, 0) is 9.53 Å². The second kappa shape index (κ2) is 6.46. The van der Waals surface area contributed by atoms with Gasteiger partial charge in [-0.15, -0.1) is 0 Å². The number of hydrogen-bond donors (Lipinski definition) is 1. The molecule has 0 spiro atoms. The standard InChI is InChI=1S/C11H19N3O2/c1-3-16-11(15)9(2)8-14-5-4-13-7-10(14)6-12/h9-10,13H,3-5,7-8H2,1-2H3. The van der Waals surface area contributed by atoms with Crippen LogP contribution in [0.15, 0.2) is 0 Å². The van der Waals surface area contributed by atoms with Gasteiger partial charge in [-0.2, -0.15) is 5.26 Å². The van der Waals surface area contributed by atoms with Crippen molar-refractivity contribution in [3.8, 4) is 6.07 Å². The van der Waals surface area contributed by atoms with Crippen molar-refractivity contribution in [2.45, 2.75) is 19.9 Å². The molecular formula is C11H19N3O2. The number of piperazine rings is 1. The molecule has 1 aliphatic rings. The van der Waals surface area contributed by atoms with E-state index < -0.39 is 0 Å². The molecule has 1 saturated heterocycles. The van der Waals surface area contributed by atoms with Gasteiger partial charge in [0.25, 0.3) is 0 Å². The van der Waals surface area contributed by atoms with Gasteiger partial charge in [-0.25, -0.2) is 0 Å². The number of hydrogen-bond acceptors (Lipinski definition) is 5. The molecule has 0 saturated carbocycles. The maximum absolute atomic E-state index is 11.5. The predicted octanol–water partition coefficient (Wildman–Crippen LogP) is -0.0170. The topological polar surface area (TPSA) is 65.4 Å². The lowest BCUT2D eigenvalue weighted by atomic mass is 10.1. The van der Waals surface area contributed by atoms with Crippen LogP contribution in [-0.4, -0.2) is 49.7 Å². The Morgan fingerprint density at radius 2 is 2.50 bits per heavy atom. The maximum Gasteiger partial charge on any atom is 0.309 e. The number of nitriles is 1. The third kappa shape index (κ3) is 3.47. The summed E-state index contributed by atoms with van der Waals surface area (Å²) in [4.78, 5) is 13.5. The van der Waals surface area contributed by atoms with Gasteiger partial charge in [-0.3, -0.25) is 9.69 Å². The Hall–Kier alpha value is -1.12. The average Bonchev–Trinajstić information content (AvgIpc) is 2.30. The van der Waals surface area contributed by atoms with Crippen LogP contribution in [0.3, 0.4) is 0 Å². The Labute approximate surface area is 96.4 Å². The number of rotatable bonds is 4. The van der Waals surface area contributed by atoms with Gasteiger partial charge in [0.2, 0.25) is 0 Å². The zero-order valence-corrected chi connectivity index (χ0v) is 9.90. The van der Waals surface area contributed by atoms with E-state index in [4.69, 9.17) is 10.00 Å². The molecule has 1 aliphatic heterocycles. The first-order valence-electron chi connectivity index (χ1n) is 5.70. The lowest BCUT2D eigenvalue weighted by Gasteiger charge is -2.33. The predicted molar refractivity (Wildman–Crippen MR) is 59.6 cm³/mol. The van der Waals surface area contributed by atoms with Crippen molar-refractivity contribution >= 4 is 5.97 Å². The fraction of sp³-hybridized carbons (Fsp3) is 0.818. The van der Waals surface area contributed by atoms with E-state index in [0.29, 0.717) is 19.7 Å². The van der Waals surface area contributed by atoms with Gasteiger partial charge in [0.15, 0.2) is 0 Å². The molecule has 90 valence electrons. The van der Waals surface area contributed by atoms with Crippen molar-refractivity contribution in [1.29, 1.82) is 5.26 Å². The minimum atomic E-state index is -0.183. The largest absolute Gasteiger partial charge is 0.466 e. The van der Waals surface area contributed by atoms with Crippen molar-refractivity contribution < 1.29 is 9.53 Å². The summed E-state index contributed by atoms with van der Waals surface area (Å²) in [5.41, 5.74) is 0. The molecule has 0 aromatic heterocycles. The summed E-state index contributed by atoms with van der Waals surface area (Å²) >= 11 is 0. The Bertz CT molecular complexity index is 275. The molecule has 2 atom stereocenters. The monoisotopic (exact) mass is 225 g/mol. The van der Waals surface area contributed by atoms with Crippen LogP contribution >= 0.6 is 0 Å². The van der Waals surface area contributed by atoms with Gasteiger partial charge < -0.3 is 10.1 Å². The number of nitrogens with zero attached hydrogens (tertiary/aromatic N) is 2. The third-order valence-electron chi connectivity index (χ3n) is 2.70. The number of carbonyl (C=O) groups excluding carboxylic acids is 1. The summed E-state index contributed by atoms with van der Waals surface area (Å²) in [6.45, 7) is 6.99. The molecule has 0 amide bonds. The molecule has 2 unspecified atom stereocenters. The highest BCUT2D eigenvalue weighted by molar-refractivity contribution is 5.72. The minimum Gasteiger partial charge on any atom is -0.466 e. The molecule has 1 N–H and O–H groups in total. The summed E-state index contributed by atoms with van der Waals surface area (Å²) in [6, 6.07) is 2.11. The van der Waals surface area contributed by atoms with Crippen LogP contribution in [0.4, 0.5) is 0 Å². The lowest BCUT2D eigenvalue weighted by molar-refractivity contribution is -0.148. The molecule has 1 rings (SSSR count).